The SMILES string of the molecule is Cc1ccc(NC(=O)[C@H](C)Sc2nnc(Nc3cccc(C)c3)s2)cc1. The van der Waals surface area contributed by atoms with Gasteiger partial charge < -0.3 is 10.6 Å². The first-order valence-corrected chi connectivity index (χ1v) is 9.90. The highest BCUT2D eigenvalue weighted by Gasteiger charge is 2.17. The van der Waals surface area contributed by atoms with E-state index in [0.29, 0.717) is 5.13 Å². The first kappa shape index (κ1) is 18.4. The summed E-state index contributed by atoms with van der Waals surface area (Å²) in [4.78, 5) is 12.3. The van der Waals surface area contributed by atoms with Gasteiger partial charge in [0.05, 0.1) is 5.25 Å². The predicted molar refractivity (Wildman–Crippen MR) is 109 cm³/mol. The van der Waals surface area contributed by atoms with Crippen LogP contribution in [0.1, 0.15) is 18.1 Å². The van der Waals surface area contributed by atoms with Crippen LogP contribution in [0.4, 0.5) is 16.5 Å². The summed E-state index contributed by atoms with van der Waals surface area (Å²) in [7, 11) is 0. The lowest BCUT2D eigenvalue weighted by atomic mass is 10.2. The van der Waals surface area contributed by atoms with Crippen molar-refractivity contribution >= 4 is 45.5 Å². The van der Waals surface area contributed by atoms with E-state index in [1.165, 1.54) is 28.7 Å². The molecule has 1 heterocycles. The monoisotopic (exact) mass is 384 g/mol. The molecule has 0 aliphatic carbocycles. The number of hydrogen-bond donors (Lipinski definition) is 2. The van der Waals surface area contributed by atoms with Crippen molar-refractivity contribution in [3.05, 3.63) is 59.7 Å². The zero-order valence-electron chi connectivity index (χ0n) is 14.8. The number of rotatable bonds is 6. The lowest BCUT2D eigenvalue weighted by molar-refractivity contribution is -0.115. The third-order valence-electron chi connectivity index (χ3n) is 3.64. The highest BCUT2D eigenvalue weighted by molar-refractivity contribution is 8.02. The van der Waals surface area contributed by atoms with E-state index in [2.05, 4.69) is 20.8 Å². The molecule has 0 saturated carbocycles. The van der Waals surface area contributed by atoms with Crippen LogP contribution in [0.25, 0.3) is 0 Å². The highest BCUT2D eigenvalue weighted by Crippen LogP contribution is 2.31. The smallest absolute Gasteiger partial charge is 0.237 e. The van der Waals surface area contributed by atoms with Crippen molar-refractivity contribution < 1.29 is 4.79 Å². The van der Waals surface area contributed by atoms with Gasteiger partial charge in [0.25, 0.3) is 0 Å². The van der Waals surface area contributed by atoms with Crippen LogP contribution >= 0.6 is 23.1 Å². The second-order valence-electron chi connectivity index (χ2n) is 5.98. The minimum absolute atomic E-state index is 0.0535. The maximum Gasteiger partial charge on any atom is 0.237 e. The van der Waals surface area contributed by atoms with Crippen LogP contribution < -0.4 is 10.6 Å². The Hall–Kier alpha value is -2.38. The Kier molecular flexibility index (Phi) is 5.90. The quantitative estimate of drug-likeness (QED) is 0.584. The summed E-state index contributed by atoms with van der Waals surface area (Å²) in [5, 5.41) is 14.9. The minimum Gasteiger partial charge on any atom is -0.330 e. The standard InChI is InChI=1S/C19H20N4OS2/c1-12-7-9-15(10-8-12)20-17(24)14(3)25-19-23-22-18(26-19)21-16-6-4-5-13(2)11-16/h4-11,14H,1-3H3,(H,20,24)(H,21,22)/t14-/m0/s1. The summed E-state index contributed by atoms with van der Waals surface area (Å²) in [6.07, 6.45) is 0. The first-order chi connectivity index (χ1) is 12.5. The zero-order valence-corrected chi connectivity index (χ0v) is 16.4. The molecule has 0 unspecified atom stereocenters. The maximum atomic E-state index is 12.3. The summed E-state index contributed by atoms with van der Waals surface area (Å²) in [5.74, 6) is -0.0535. The van der Waals surface area contributed by atoms with E-state index in [1.54, 1.807) is 0 Å². The Morgan fingerprint density at radius 2 is 1.81 bits per heavy atom. The Morgan fingerprint density at radius 1 is 1.04 bits per heavy atom. The molecule has 1 atom stereocenters. The Morgan fingerprint density at radius 3 is 2.54 bits per heavy atom. The van der Waals surface area contributed by atoms with Gasteiger partial charge in [-0.25, -0.2) is 0 Å². The molecular weight excluding hydrogens is 364 g/mol. The molecule has 0 fully saturated rings. The number of carbonyl (C=O) groups excluding carboxylic acids is 1. The van der Waals surface area contributed by atoms with Crippen LogP contribution in [0, 0.1) is 13.8 Å². The Labute approximate surface area is 161 Å². The van der Waals surface area contributed by atoms with E-state index in [9.17, 15) is 4.79 Å². The fourth-order valence-electron chi connectivity index (χ4n) is 2.24. The number of benzene rings is 2. The molecule has 0 saturated heterocycles. The third kappa shape index (κ3) is 5.06. The summed E-state index contributed by atoms with van der Waals surface area (Å²) in [6, 6.07) is 15.8. The van der Waals surface area contributed by atoms with Crippen LogP contribution in [-0.2, 0) is 4.79 Å². The van der Waals surface area contributed by atoms with Gasteiger partial charge >= 0.3 is 0 Å². The molecule has 0 aliphatic heterocycles. The van der Waals surface area contributed by atoms with Gasteiger partial charge in [-0.15, -0.1) is 10.2 Å². The Balaban J connectivity index is 1.57. The molecule has 0 radical (unpaired) electrons. The summed E-state index contributed by atoms with van der Waals surface area (Å²) >= 11 is 2.84. The number of aromatic nitrogens is 2. The van der Waals surface area contributed by atoms with Gasteiger partial charge in [0, 0.05) is 11.4 Å². The zero-order chi connectivity index (χ0) is 18.5. The lowest BCUT2D eigenvalue weighted by Gasteiger charge is -2.10. The number of amides is 1. The average molecular weight is 385 g/mol. The Bertz CT molecular complexity index is 893. The van der Waals surface area contributed by atoms with Crippen LogP contribution in [0.5, 0.6) is 0 Å². The number of nitrogens with zero attached hydrogens (tertiary/aromatic N) is 2. The second kappa shape index (κ2) is 8.33. The first-order valence-electron chi connectivity index (χ1n) is 8.21. The van der Waals surface area contributed by atoms with Gasteiger partial charge in [0.2, 0.25) is 11.0 Å². The van der Waals surface area contributed by atoms with Crippen LogP contribution in [0.3, 0.4) is 0 Å². The molecule has 2 N–H and O–H groups in total. The van der Waals surface area contributed by atoms with E-state index in [1.807, 2.05) is 69.3 Å². The molecule has 0 aliphatic rings. The summed E-state index contributed by atoms with van der Waals surface area (Å²) < 4.78 is 0.756. The second-order valence-corrected chi connectivity index (χ2v) is 8.55. The molecule has 0 bridgehead atoms. The van der Waals surface area contributed by atoms with Crippen molar-refractivity contribution in [1.82, 2.24) is 10.2 Å². The molecular formula is C19H20N4OS2. The lowest BCUT2D eigenvalue weighted by Crippen LogP contribution is -2.22. The molecule has 0 spiro atoms. The molecule has 3 aromatic rings. The van der Waals surface area contributed by atoms with Gasteiger partial charge in [-0.1, -0.05) is 52.9 Å². The topological polar surface area (TPSA) is 66.9 Å². The molecule has 5 nitrogen and oxygen atoms in total. The van der Waals surface area contributed by atoms with Crippen molar-refractivity contribution in [1.29, 1.82) is 0 Å². The minimum atomic E-state index is -0.268. The molecule has 26 heavy (non-hydrogen) atoms. The van der Waals surface area contributed by atoms with Gasteiger partial charge in [-0.3, -0.25) is 4.79 Å². The molecule has 7 heteroatoms. The molecule has 134 valence electrons. The number of carbonyl (C=O) groups is 1. The summed E-state index contributed by atoms with van der Waals surface area (Å²) in [5.41, 5.74) is 4.11. The average Bonchev–Trinajstić information content (AvgIpc) is 3.03. The normalized spacial score (nSPS) is 11.8. The van der Waals surface area contributed by atoms with Crippen LogP contribution in [0.15, 0.2) is 52.9 Å². The van der Waals surface area contributed by atoms with Crippen molar-refractivity contribution in [3.63, 3.8) is 0 Å². The molecule has 1 amide bonds. The molecule has 3 rings (SSSR count). The van der Waals surface area contributed by atoms with Crippen molar-refractivity contribution in [2.75, 3.05) is 10.6 Å². The van der Waals surface area contributed by atoms with Crippen LogP contribution in [-0.4, -0.2) is 21.4 Å². The highest BCUT2D eigenvalue weighted by atomic mass is 32.2. The summed E-state index contributed by atoms with van der Waals surface area (Å²) in [6.45, 7) is 5.92. The largest absolute Gasteiger partial charge is 0.330 e. The number of hydrogen-bond acceptors (Lipinski definition) is 6. The number of aryl methyl sites for hydroxylation is 2. The van der Waals surface area contributed by atoms with Crippen molar-refractivity contribution in [2.24, 2.45) is 0 Å². The molecule has 1 aromatic heterocycles. The predicted octanol–water partition coefficient (Wildman–Crippen LogP) is 5.02. The number of anilines is 3. The molecule has 2 aromatic carbocycles. The van der Waals surface area contributed by atoms with E-state index < -0.39 is 0 Å². The van der Waals surface area contributed by atoms with Crippen molar-refractivity contribution in [2.45, 2.75) is 30.4 Å². The van der Waals surface area contributed by atoms with E-state index >= 15 is 0 Å². The van der Waals surface area contributed by atoms with E-state index in [0.717, 1.165) is 21.3 Å². The fourth-order valence-corrected chi connectivity index (χ4v) is 4.16. The number of nitrogens with one attached hydrogen (secondary N) is 2. The van der Waals surface area contributed by atoms with Crippen molar-refractivity contribution in [3.8, 4) is 0 Å². The van der Waals surface area contributed by atoms with E-state index in [-0.39, 0.29) is 11.2 Å². The van der Waals surface area contributed by atoms with Gasteiger partial charge in [-0.2, -0.15) is 0 Å². The van der Waals surface area contributed by atoms with E-state index in [4.69, 9.17) is 0 Å². The maximum absolute atomic E-state index is 12.3. The fraction of sp³-hybridized carbons (Fsp3) is 0.211. The van der Waals surface area contributed by atoms with Gasteiger partial charge in [0.1, 0.15) is 0 Å². The third-order valence-corrected chi connectivity index (χ3v) is 5.66. The van der Waals surface area contributed by atoms with Crippen LogP contribution in [0.2, 0.25) is 0 Å². The van der Waals surface area contributed by atoms with Gasteiger partial charge in [0.15, 0.2) is 4.34 Å². The van der Waals surface area contributed by atoms with Gasteiger partial charge in [-0.05, 0) is 50.6 Å². The number of thioether (sulfide) groups is 1.